The molecule has 0 saturated carbocycles. The number of piperazine rings is 1. The van der Waals surface area contributed by atoms with Crippen molar-refractivity contribution in [1.29, 1.82) is 0 Å². The smallest absolute Gasteiger partial charge is 0.417 e. The third-order valence-corrected chi connectivity index (χ3v) is 5.21. The number of pyridine rings is 1. The fraction of sp³-hybridized carbons (Fsp3) is 0.350. The van der Waals surface area contributed by atoms with Crippen LogP contribution in [-0.4, -0.2) is 68.8 Å². The molecule has 0 atom stereocenters. The molecule has 1 aliphatic rings. The van der Waals surface area contributed by atoms with Crippen LogP contribution in [0.4, 0.5) is 19.1 Å². The van der Waals surface area contributed by atoms with Crippen molar-refractivity contribution in [1.82, 2.24) is 29.6 Å². The van der Waals surface area contributed by atoms with E-state index in [4.69, 9.17) is 4.74 Å². The van der Waals surface area contributed by atoms with Gasteiger partial charge in [0, 0.05) is 44.6 Å². The summed E-state index contributed by atoms with van der Waals surface area (Å²) in [6.45, 7) is 3.70. The Morgan fingerprint density at radius 3 is 2.44 bits per heavy atom. The van der Waals surface area contributed by atoms with Crippen molar-refractivity contribution < 1.29 is 22.7 Å². The molecule has 0 radical (unpaired) electrons. The molecule has 32 heavy (non-hydrogen) atoms. The number of amides is 1. The van der Waals surface area contributed by atoms with Crippen molar-refractivity contribution in [3.63, 3.8) is 0 Å². The maximum absolute atomic E-state index is 13.0. The minimum atomic E-state index is -4.47. The molecule has 3 aromatic heterocycles. The minimum Gasteiger partial charge on any atom is -0.481 e. The zero-order valence-electron chi connectivity index (χ0n) is 17.4. The van der Waals surface area contributed by atoms with E-state index in [-0.39, 0.29) is 11.7 Å². The molecule has 1 aliphatic heterocycles. The molecule has 0 bridgehead atoms. The van der Waals surface area contributed by atoms with E-state index in [2.05, 4.69) is 20.1 Å². The normalized spacial score (nSPS) is 14.5. The molecular weight excluding hydrogens is 427 g/mol. The van der Waals surface area contributed by atoms with Crippen LogP contribution < -0.4 is 9.64 Å². The molecule has 1 saturated heterocycles. The van der Waals surface area contributed by atoms with Gasteiger partial charge in [-0.15, -0.1) is 0 Å². The van der Waals surface area contributed by atoms with E-state index in [0.717, 1.165) is 12.3 Å². The zero-order chi connectivity index (χ0) is 22.9. The first-order valence-corrected chi connectivity index (χ1v) is 9.77. The maximum Gasteiger partial charge on any atom is 0.417 e. The first-order valence-electron chi connectivity index (χ1n) is 9.77. The van der Waals surface area contributed by atoms with Crippen molar-refractivity contribution in [2.45, 2.75) is 13.1 Å². The largest absolute Gasteiger partial charge is 0.481 e. The number of anilines is 1. The number of hydrogen-bond acceptors (Lipinski definition) is 7. The highest BCUT2D eigenvalue weighted by Crippen LogP contribution is 2.29. The predicted octanol–water partition coefficient (Wildman–Crippen LogP) is 2.36. The number of alkyl halides is 3. The summed E-state index contributed by atoms with van der Waals surface area (Å²) in [7, 11) is 1.53. The molecule has 1 amide bonds. The quantitative estimate of drug-likeness (QED) is 0.607. The molecule has 4 heterocycles. The van der Waals surface area contributed by atoms with Crippen LogP contribution in [0.2, 0.25) is 0 Å². The monoisotopic (exact) mass is 447 g/mol. The molecule has 0 spiro atoms. The molecule has 0 aliphatic carbocycles. The number of halogens is 3. The maximum atomic E-state index is 13.0. The van der Waals surface area contributed by atoms with Gasteiger partial charge in [-0.05, 0) is 19.1 Å². The van der Waals surface area contributed by atoms with Crippen molar-refractivity contribution in [3.05, 3.63) is 53.6 Å². The molecule has 9 nitrogen and oxygen atoms in total. The molecule has 168 valence electrons. The lowest BCUT2D eigenvalue weighted by Gasteiger charge is -2.34. The Morgan fingerprint density at radius 2 is 1.81 bits per heavy atom. The standard InChI is InChI=1S/C20H20F3N7O2/c1-13-15(12-26-30(13)16-4-3-14(11-25-16)20(21,22)23)18(31)28-7-9-29(10-8-28)19-24-6-5-17(27-19)32-2/h3-6,11-12H,7-10H2,1-2H3. The lowest BCUT2D eigenvalue weighted by Crippen LogP contribution is -2.49. The Kier molecular flexibility index (Phi) is 5.68. The fourth-order valence-corrected chi connectivity index (χ4v) is 3.41. The molecule has 0 unspecified atom stereocenters. The molecule has 4 rings (SSSR count). The van der Waals surface area contributed by atoms with Gasteiger partial charge in [0.25, 0.3) is 5.91 Å². The zero-order valence-corrected chi connectivity index (χ0v) is 17.4. The van der Waals surface area contributed by atoms with Crippen LogP contribution in [0.1, 0.15) is 21.6 Å². The topological polar surface area (TPSA) is 89.3 Å². The molecule has 12 heteroatoms. The second-order valence-corrected chi connectivity index (χ2v) is 7.14. The number of hydrogen-bond donors (Lipinski definition) is 0. The summed E-state index contributed by atoms with van der Waals surface area (Å²) in [4.78, 5) is 29.1. The third kappa shape index (κ3) is 4.20. The minimum absolute atomic E-state index is 0.202. The van der Waals surface area contributed by atoms with E-state index in [1.54, 1.807) is 24.1 Å². The van der Waals surface area contributed by atoms with Gasteiger partial charge in [-0.2, -0.15) is 23.3 Å². The van der Waals surface area contributed by atoms with E-state index in [1.807, 2.05) is 4.90 Å². The van der Waals surface area contributed by atoms with Gasteiger partial charge in [-0.3, -0.25) is 4.79 Å². The highest BCUT2D eigenvalue weighted by atomic mass is 19.4. The van der Waals surface area contributed by atoms with E-state index < -0.39 is 11.7 Å². The average Bonchev–Trinajstić information content (AvgIpc) is 3.19. The van der Waals surface area contributed by atoms with Crippen LogP contribution in [0, 0.1) is 6.92 Å². The first kappa shape index (κ1) is 21.5. The van der Waals surface area contributed by atoms with E-state index in [0.29, 0.717) is 49.3 Å². The van der Waals surface area contributed by atoms with E-state index >= 15 is 0 Å². The molecule has 0 aromatic carbocycles. The second-order valence-electron chi connectivity index (χ2n) is 7.14. The first-order chi connectivity index (χ1) is 15.3. The fourth-order valence-electron chi connectivity index (χ4n) is 3.41. The van der Waals surface area contributed by atoms with Gasteiger partial charge in [0.15, 0.2) is 5.82 Å². The Labute approximate surface area is 181 Å². The summed E-state index contributed by atoms with van der Waals surface area (Å²) in [5.74, 6) is 1.00. The van der Waals surface area contributed by atoms with Gasteiger partial charge in [-0.1, -0.05) is 0 Å². The van der Waals surface area contributed by atoms with Crippen molar-refractivity contribution in [2.75, 3.05) is 38.2 Å². The second kappa shape index (κ2) is 8.44. The van der Waals surface area contributed by atoms with Crippen LogP contribution in [0.25, 0.3) is 5.82 Å². The SMILES string of the molecule is COc1ccnc(N2CCN(C(=O)c3cnn(-c4ccc(C(F)(F)F)cn4)c3C)CC2)n1. The summed E-state index contributed by atoms with van der Waals surface area (Å²) in [5.41, 5.74) is 0.0267. The van der Waals surface area contributed by atoms with Crippen LogP contribution >= 0.6 is 0 Å². The Hall–Kier alpha value is -3.70. The summed E-state index contributed by atoms with van der Waals surface area (Å²) in [5, 5.41) is 4.16. The lowest BCUT2D eigenvalue weighted by atomic mass is 10.2. The molecule has 3 aromatic rings. The van der Waals surface area contributed by atoms with Gasteiger partial charge < -0.3 is 14.5 Å². The molecular formula is C20H20F3N7O2. The van der Waals surface area contributed by atoms with Gasteiger partial charge in [0.05, 0.1) is 30.1 Å². The van der Waals surface area contributed by atoms with Gasteiger partial charge in [-0.25, -0.2) is 14.6 Å². The highest BCUT2D eigenvalue weighted by molar-refractivity contribution is 5.95. The highest BCUT2D eigenvalue weighted by Gasteiger charge is 2.31. The Bertz CT molecular complexity index is 1110. The summed E-state index contributed by atoms with van der Waals surface area (Å²) >= 11 is 0. The van der Waals surface area contributed by atoms with E-state index in [1.165, 1.54) is 24.1 Å². The predicted molar refractivity (Wildman–Crippen MR) is 108 cm³/mol. The number of aromatic nitrogens is 5. The van der Waals surface area contributed by atoms with Crippen molar-refractivity contribution >= 4 is 11.9 Å². The third-order valence-electron chi connectivity index (χ3n) is 5.21. The number of nitrogens with zero attached hydrogens (tertiary/aromatic N) is 7. The Balaban J connectivity index is 1.45. The number of methoxy groups -OCH3 is 1. The summed E-state index contributed by atoms with van der Waals surface area (Å²) in [6.07, 6.45) is -0.692. The molecule has 0 N–H and O–H groups in total. The Morgan fingerprint density at radius 1 is 1.06 bits per heavy atom. The number of carbonyl (C=O) groups excluding carboxylic acids is 1. The van der Waals surface area contributed by atoms with Crippen LogP contribution in [0.3, 0.4) is 0 Å². The average molecular weight is 447 g/mol. The molecule has 1 fully saturated rings. The summed E-state index contributed by atoms with van der Waals surface area (Å²) in [6, 6.07) is 3.82. The summed E-state index contributed by atoms with van der Waals surface area (Å²) < 4.78 is 44.8. The number of carbonyl (C=O) groups is 1. The van der Waals surface area contributed by atoms with Gasteiger partial charge in [0.2, 0.25) is 11.8 Å². The van der Waals surface area contributed by atoms with E-state index in [9.17, 15) is 18.0 Å². The van der Waals surface area contributed by atoms with Crippen LogP contribution in [0.5, 0.6) is 5.88 Å². The van der Waals surface area contributed by atoms with Gasteiger partial charge >= 0.3 is 6.18 Å². The number of ether oxygens (including phenoxy) is 1. The lowest BCUT2D eigenvalue weighted by molar-refractivity contribution is -0.137. The number of rotatable bonds is 4. The van der Waals surface area contributed by atoms with Crippen LogP contribution in [0.15, 0.2) is 36.8 Å². The van der Waals surface area contributed by atoms with Crippen molar-refractivity contribution in [3.8, 4) is 11.7 Å². The van der Waals surface area contributed by atoms with Crippen molar-refractivity contribution in [2.24, 2.45) is 0 Å². The van der Waals surface area contributed by atoms with Crippen LogP contribution in [-0.2, 0) is 6.18 Å². The van der Waals surface area contributed by atoms with Gasteiger partial charge in [0.1, 0.15) is 0 Å².